The second-order valence-electron chi connectivity index (χ2n) is 4.62. The minimum Gasteiger partial charge on any atom is -0.324 e. The van der Waals surface area contributed by atoms with E-state index >= 15 is 0 Å². The summed E-state index contributed by atoms with van der Waals surface area (Å²) in [5, 5.41) is 0. The van der Waals surface area contributed by atoms with E-state index in [0.717, 1.165) is 6.07 Å². The molecule has 2 N–H and O–H groups in total. The summed E-state index contributed by atoms with van der Waals surface area (Å²) in [5.41, 5.74) is 5.90. The van der Waals surface area contributed by atoms with E-state index in [1.165, 1.54) is 31.2 Å². The van der Waals surface area contributed by atoms with Gasteiger partial charge in [-0.05, 0) is 30.5 Å². The first-order chi connectivity index (χ1) is 9.41. The van der Waals surface area contributed by atoms with Crippen LogP contribution in [0.15, 0.2) is 30.3 Å². The Morgan fingerprint density at radius 3 is 2.35 bits per heavy atom. The largest absolute Gasteiger partial charge is 0.324 e. The van der Waals surface area contributed by atoms with Gasteiger partial charge in [-0.1, -0.05) is 24.3 Å². The van der Waals surface area contributed by atoms with Gasteiger partial charge in [0, 0.05) is 11.6 Å². The summed E-state index contributed by atoms with van der Waals surface area (Å²) >= 11 is 0. The summed E-state index contributed by atoms with van der Waals surface area (Å²) in [6, 6.07) is 5.48. The number of rotatable bonds is 3. The monoisotopic (exact) mass is 283 g/mol. The number of aryl methyl sites for hydroxylation is 1. The fraction of sp³-hybridized carbons (Fsp3) is 0.200. The molecule has 0 aromatic heterocycles. The van der Waals surface area contributed by atoms with Gasteiger partial charge in [0.2, 0.25) is 0 Å². The van der Waals surface area contributed by atoms with Crippen molar-refractivity contribution in [3.63, 3.8) is 0 Å². The number of benzene rings is 2. The van der Waals surface area contributed by atoms with Gasteiger partial charge in [-0.15, -0.1) is 0 Å². The van der Waals surface area contributed by atoms with E-state index in [0.29, 0.717) is 0 Å². The molecular formula is C15H13F4N. The van der Waals surface area contributed by atoms with Crippen LogP contribution in [0.4, 0.5) is 17.6 Å². The highest BCUT2D eigenvalue weighted by molar-refractivity contribution is 5.30. The Morgan fingerprint density at radius 2 is 1.65 bits per heavy atom. The molecule has 0 fully saturated rings. The first-order valence-electron chi connectivity index (χ1n) is 6.04. The Labute approximate surface area is 114 Å². The summed E-state index contributed by atoms with van der Waals surface area (Å²) in [7, 11) is 0. The molecule has 5 heteroatoms. The van der Waals surface area contributed by atoms with Gasteiger partial charge in [-0.3, -0.25) is 0 Å². The van der Waals surface area contributed by atoms with Crippen LogP contribution in [-0.4, -0.2) is 0 Å². The topological polar surface area (TPSA) is 26.0 Å². The molecule has 0 saturated heterocycles. The lowest BCUT2D eigenvalue weighted by Gasteiger charge is -2.15. The maximum Gasteiger partial charge on any atom is 0.163 e. The number of hydrogen-bond donors (Lipinski definition) is 1. The van der Waals surface area contributed by atoms with Crippen molar-refractivity contribution in [2.75, 3.05) is 0 Å². The Balaban J connectivity index is 2.31. The average Bonchev–Trinajstić information content (AvgIpc) is 2.41. The normalized spacial score (nSPS) is 12.5. The Morgan fingerprint density at radius 1 is 0.950 bits per heavy atom. The maximum absolute atomic E-state index is 13.8. The van der Waals surface area contributed by atoms with Gasteiger partial charge in [0.15, 0.2) is 23.3 Å². The Kier molecular flexibility index (Phi) is 4.09. The van der Waals surface area contributed by atoms with E-state index in [1.54, 1.807) is 0 Å². The van der Waals surface area contributed by atoms with Crippen molar-refractivity contribution in [1.29, 1.82) is 0 Å². The minimum atomic E-state index is -1.05. The van der Waals surface area contributed by atoms with Crippen molar-refractivity contribution in [2.45, 2.75) is 19.4 Å². The lowest BCUT2D eigenvalue weighted by Crippen LogP contribution is -2.17. The van der Waals surface area contributed by atoms with E-state index in [1.807, 2.05) is 0 Å². The van der Waals surface area contributed by atoms with E-state index in [4.69, 9.17) is 5.73 Å². The molecule has 2 rings (SSSR count). The van der Waals surface area contributed by atoms with Crippen molar-refractivity contribution >= 4 is 0 Å². The lowest BCUT2D eigenvalue weighted by atomic mass is 9.97. The van der Waals surface area contributed by atoms with Crippen molar-refractivity contribution in [3.8, 4) is 0 Å². The summed E-state index contributed by atoms with van der Waals surface area (Å²) in [4.78, 5) is 0. The van der Waals surface area contributed by atoms with Crippen LogP contribution < -0.4 is 5.73 Å². The maximum atomic E-state index is 13.8. The third-order valence-corrected chi connectivity index (χ3v) is 3.18. The van der Waals surface area contributed by atoms with Crippen molar-refractivity contribution in [2.24, 2.45) is 5.73 Å². The summed E-state index contributed by atoms with van der Waals surface area (Å²) < 4.78 is 53.8. The fourth-order valence-corrected chi connectivity index (χ4v) is 2.00. The van der Waals surface area contributed by atoms with E-state index in [2.05, 4.69) is 0 Å². The minimum absolute atomic E-state index is 0.0258. The molecule has 0 saturated carbocycles. The second-order valence-corrected chi connectivity index (χ2v) is 4.62. The summed E-state index contributed by atoms with van der Waals surface area (Å²) in [6.07, 6.45) is -0.122. The van der Waals surface area contributed by atoms with E-state index in [9.17, 15) is 17.6 Å². The first kappa shape index (κ1) is 14.5. The second kappa shape index (κ2) is 5.63. The van der Waals surface area contributed by atoms with Crippen molar-refractivity contribution in [1.82, 2.24) is 0 Å². The Bertz CT molecular complexity index is 640. The molecule has 2 aromatic rings. The molecule has 2 aromatic carbocycles. The molecule has 0 radical (unpaired) electrons. The molecule has 1 unspecified atom stereocenters. The zero-order chi connectivity index (χ0) is 14.9. The zero-order valence-electron chi connectivity index (χ0n) is 10.8. The molecule has 20 heavy (non-hydrogen) atoms. The van der Waals surface area contributed by atoms with E-state index in [-0.39, 0.29) is 23.1 Å². The molecule has 0 amide bonds. The molecule has 0 aliphatic heterocycles. The highest BCUT2D eigenvalue weighted by Gasteiger charge is 2.19. The van der Waals surface area contributed by atoms with Gasteiger partial charge in [-0.25, -0.2) is 17.6 Å². The molecule has 1 atom stereocenters. The quantitative estimate of drug-likeness (QED) is 0.852. The van der Waals surface area contributed by atoms with Crippen LogP contribution in [-0.2, 0) is 6.42 Å². The highest BCUT2D eigenvalue weighted by atomic mass is 19.2. The predicted molar refractivity (Wildman–Crippen MR) is 68.1 cm³/mol. The van der Waals surface area contributed by atoms with Gasteiger partial charge in [0.1, 0.15) is 0 Å². The first-order valence-corrected chi connectivity index (χ1v) is 6.04. The van der Waals surface area contributed by atoms with Gasteiger partial charge in [0.05, 0.1) is 0 Å². The molecule has 1 nitrogen and oxygen atoms in total. The van der Waals surface area contributed by atoms with Crippen LogP contribution in [0, 0.1) is 30.2 Å². The molecule has 0 aliphatic carbocycles. The predicted octanol–water partition coefficient (Wildman–Crippen LogP) is 3.79. The summed E-state index contributed by atoms with van der Waals surface area (Å²) in [5.74, 6) is -4.03. The molecule has 0 bridgehead atoms. The van der Waals surface area contributed by atoms with Gasteiger partial charge >= 0.3 is 0 Å². The van der Waals surface area contributed by atoms with E-state index < -0.39 is 29.3 Å². The van der Waals surface area contributed by atoms with Crippen molar-refractivity contribution in [3.05, 3.63) is 70.3 Å². The third kappa shape index (κ3) is 2.67. The smallest absolute Gasteiger partial charge is 0.163 e. The SMILES string of the molecule is Cc1ccc(C(N)Cc2cccc(F)c2F)c(F)c1F. The van der Waals surface area contributed by atoms with Crippen LogP contribution in [0.25, 0.3) is 0 Å². The standard InChI is InChI=1S/C15H13F4N/c1-8-5-6-10(15(19)13(8)17)12(20)7-9-3-2-4-11(16)14(9)18/h2-6,12H,7,20H2,1H3. The zero-order valence-corrected chi connectivity index (χ0v) is 10.8. The fourth-order valence-electron chi connectivity index (χ4n) is 2.00. The van der Waals surface area contributed by atoms with Crippen LogP contribution in [0.3, 0.4) is 0 Å². The lowest BCUT2D eigenvalue weighted by molar-refractivity contribution is 0.475. The average molecular weight is 283 g/mol. The third-order valence-electron chi connectivity index (χ3n) is 3.18. The van der Waals surface area contributed by atoms with Gasteiger partial charge in [0.25, 0.3) is 0 Å². The van der Waals surface area contributed by atoms with Gasteiger partial charge in [-0.2, -0.15) is 0 Å². The number of nitrogens with two attached hydrogens (primary N) is 1. The molecule has 0 heterocycles. The summed E-state index contributed by atoms with van der Waals surface area (Å²) in [6.45, 7) is 1.43. The van der Waals surface area contributed by atoms with Gasteiger partial charge < -0.3 is 5.73 Å². The van der Waals surface area contributed by atoms with Crippen LogP contribution >= 0.6 is 0 Å². The number of halogens is 4. The molecule has 0 aliphatic rings. The molecular weight excluding hydrogens is 270 g/mol. The van der Waals surface area contributed by atoms with Crippen LogP contribution in [0.2, 0.25) is 0 Å². The van der Waals surface area contributed by atoms with Crippen LogP contribution in [0.1, 0.15) is 22.7 Å². The number of hydrogen-bond acceptors (Lipinski definition) is 1. The highest BCUT2D eigenvalue weighted by Crippen LogP contribution is 2.24. The van der Waals surface area contributed by atoms with Crippen LogP contribution in [0.5, 0.6) is 0 Å². The van der Waals surface area contributed by atoms with Crippen molar-refractivity contribution < 1.29 is 17.6 Å². The molecule has 106 valence electrons. The molecule has 0 spiro atoms. The Hall–Kier alpha value is -1.88.